The monoisotopic (exact) mass is 452 g/mol. The van der Waals surface area contributed by atoms with E-state index < -0.39 is 13.9 Å². The van der Waals surface area contributed by atoms with E-state index in [0.717, 1.165) is 56.7 Å². The molecule has 0 heterocycles. The second kappa shape index (κ2) is 10.5. The molecule has 0 aliphatic heterocycles. The van der Waals surface area contributed by atoms with Crippen LogP contribution in [0.4, 0.5) is 0 Å². The first kappa shape index (κ1) is 26.6. The highest BCUT2D eigenvalue weighted by Gasteiger charge is 2.52. The molecule has 0 aromatic rings. The molecule has 0 bridgehead atoms. The average Bonchev–Trinajstić information content (AvgIpc) is 3.07. The van der Waals surface area contributed by atoms with E-state index in [9.17, 15) is 9.59 Å². The fourth-order valence-electron chi connectivity index (χ4n) is 6.86. The first-order valence-electron chi connectivity index (χ1n) is 12.8. The van der Waals surface area contributed by atoms with Crippen molar-refractivity contribution in [1.82, 2.24) is 0 Å². The van der Waals surface area contributed by atoms with Crippen molar-refractivity contribution in [2.24, 2.45) is 23.2 Å². The molecule has 2 fully saturated rings. The van der Waals surface area contributed by atoms with Crippen molar-refractivity contribution in [1.29, 1.82) is 0 Å². The van der Waals surface area contributed by atoms with E-state index >= 15 is 0 Å². The largest absolute Gasteiger partial charge is 0.460 e. The third-order valence-corrected chi connectivity index (χ3v) is 13.8. The summed E-state index contributed by atoms with van der Waals surface area (Å²) in [5.41, 5.74) is -0.324. The second-order valence-electron chi connectivity index (χ2n) is 11.2. The highest BCUT2D eigenvalue weighted by atomic mass is 28.4. The van der Waals surface area contributed by atoms with Crippen LogP contribution in [0.2, 0.25) is 18.1 Å². The molecule has 5 heteroatoms. The van der Waals surface area contributed by atoms with Crippen LogP contribution >= 0.6 is 0 Å². The summed E-state index contributed by atoms with van der Waals surface area (Å²) in [6, 6.07) is 3.26. The van der Waals surface area contributed by atoms with E-state index in [1.165, 1.54) is 13.3 Å². The Bertz CT molecular complexity index is 619. The van der Waals surface area contributed by atoms with Crippen molar-refractivity contribution in [2.45, 2.75) is 130 Å². The van der Waals surface area contributed by atoms with E-state index in [1.54, 1.807) is 0 Å². The molecular formula is C26H48O4Si. The van der Waals surface area contributed by atoms with Gasteiger partial charge in [0.05, 0.1) is 5.60 Å². The molecule has 2 aliphatic rings. The van der Waals surface area contributed by atoms with Crippen LogP contribution in [0.25, 0.3) is 0 Å². The zero-order chi connectivity index (χ0) is 23.4. The summed E-state index contributed by atoms with van der Waals surface area (Å²) in [4.78, 5) is 24.5. The van der Waals surface area contributed by atoms with E-state index in [-0.39, 0.29) is 23.4 Å². The molecular weight excluding hydrogens is 404 g/mol. The summed E-state index contributed by atoms with van der Waals surface area (Å²) in [5, 5.41) is 0. The van der Waals surface area contributed by atoms with Gasteiger partial charge in [-0.3, -0.25) is 9.59 Å². The van der Waals surface area contributed by atoms with Crippen molar-refractivity contribution in [2.75, 3.05) is 0 Å². The first-order valence-corrected chi connectivity index (χ1v) is 15.4. The van der Waals surface area contributed by atoms with Gasteiger partial charge >= 0.3 is 5.97 Å². The van der Waals surface area contributed by atoms with Crippen LogP contribution < -0.4 is 0 Å². The summed E-state index contributed by atoms with van der Waals surface area (Å²) in [7, 11) is -1.82. The minimum atomic E-state index is -1.82. The van der Waals surface area contributed by atoms with Crippen LogP contribution in [0.1, 0.15) is 100 Å². The van der Waals surface area contributed by atoms with Crippen LogP contribution in [0, 0.1) is 23.2 Å². The van der Waals surface area contributed by atoms with Gasteiger partial charge in [0.25, 0.3) is 0 Å². The third-order valence-electron chi connectivity index (χ3n) is 9.00. The number of carbonyl (C=O) groups excluding carboxylic acids is 2. The maximum Gasteiger partial charge on any atom is 0.303 e. The van der Waals surface area contributed by atoms with Crippen molar-refractivity contribution >= 4 is 20.1 Å². The lowest BCUT2D eigenvalue weighted by atomic mass is 9.62. The van der Waals surface area contributed by atoms with Crippen molar-refractivity contribution in [3.05, 3.63) is 0 Å². The molecule has 2 saturated carbocycles. The number of rotatable bonds is 11. The van der Waals surface area contributed by atoms with Crippen molar-refractivity contribution in [3.63, 3.8) is 0 Å². The molecule has 5 atom stereocenters. The topological polar surface area (TPSA) is 52.6 Å². The number of hydrogen-bond acceptors (Lipinski definition) is 4. The molecule has 2 aliphatic carbocycles. The average molecular weight is 453 g/mol. The SMILES string of the molecule is CC[Si](CC)(CC)OC(C)(C)C(CCC(C)C1CCC2C(=O)CCCC21C)OC(C)=O. The fourth-order valence-corrected chi connectivity index (χ4v) is 10.0. The molecule has 5 unspecified atom stereocenters. The van der Waals surface area contributed by atoms with Crippen molar-refractivity contribution < 1.29 is 18.8 Å². The minimum absolute atomic E-state index is 0.159. The van der Waals surface area contributed by atoms with E-state index in [0.29, 0.717) is 17.6 Å². The van der Waals surface area contributed by atoms with Crippen LogP contribution in [0.5, 0.6) is 0 Å². The van der Waals surface area contributed by atoms with Gasteiger partial charge in [0.2, 0.25) is 0 Å². The molecule has 31 heavy (non-hydrogen) atoms. The zero-order valence-electron chi connectivity index (χ0n) is 21.5. The Kier molecular flexibility index (Phi) is 9.00. The molecule has 0 spiro atoms. The zero-order valence-corrected chi connectivity index (χ0v) is 22.5. The van der Waals surface area contributed by atoms with Crippen LogP contribution in [0.15, 0.2) is 0 Å². The highest BCUT2D eigenvalue weighted by Crippen LogP contribution is 2.57. The summed E-state index contributed by atoms with van der Waals surface area (Å²) in [5.74, 6) is 1.63. The standard InChI is InChI=1S/C26H48O4Si/c1-9-31(10-2,11-3)30-25(6,7)24(29-20(5)27)17-14-19(4)21-15-16-22-23(28)13-12-18-26(21,22)8/h19,21-22,24H,9-18H2,1-8H3. The first-order chi connectivity index (χ1) is 14.4. The predicted molar refractivity (Wildman–Crippen MR) is 129 cm³/mol. The quantitative estimate of drug-likeness (QED) is 0.252. The summed E-state index contributed by atoms with van der Waals surface area (Å²) < 4.78 is 12.7. The van der Waals surface area contributed by atoms with Gasteiger partial charge in [0.15, 0.2) is 8.32 Å². The Morgan fingerprint density at radius 2 is 1.77 bits per heavy atom. The van der Waals surface area contributed by atoms with Gasteiger partial charge < -0.3 is 9.16 Å². The van der Waals surface area contributed by atoms with Gasteiger partial charge in [-0.25, -0.2) is 0 Å². The summed E-state index contributed by atoms with van der Waals surface area (Å²) in [6.45, 7) is 17.2. The molecule has 0 aromatic carbocycles. The minimum Gasteiger partial charge on any atom is -0.460 e. The number of Topliss-reactive ketones (excluding diaryl/α,β-unsaturated/α-hetero) is 1. The second-order valence-corrected chi connectivity index (χ2v) is 15.9. The molecule has 0 saturated heterocycles. The number of carbonyl (C=O) groups is 2. The molecule has 0 aromatic heterocycles. The Morgan fingerprint density at radius 1 is 1.16 bits per heavy atom. The van der Waals surface area contributed by atoms with E-state index in [2.05, 4.69) is 48.5 Å². The van der Waals surface area contributed by atoms with Crippen LogP contribution in [-0.2, 0) is 18.8 Å². The molecule has 180 valence electrons. The number of esters is 1. The van der Waals surface area contributed by atoms with E-state index in [1.807, 2.05) is 0 Å². The fraction of sp³-hybridized carbons (Fsp3) is 0.923. The van der Waals surface area contributed by atoms with Crippen LogP contribution in [-0.4, -0.2) is 31.8 Å². The summed E-state index contributed by atoms with van der Waals surface area (Å²) >= 11 is 0. The van der Waals surface area contributed by atoms with Gasteiger partial charge in [0.1, 0.15) is 11.9 Å². The lowest BCUT2D eigenvalue weighted by molar-refractivity contribution is -0.159. The number of fused-ring (bicyclic) bond motifs is 1. The maximum atomic E-state index is 12.5. The van der Waals surface area contributed by atoms with Crippen LogP contribution in [0.3, 0.4) is 0 Å². The number of hydrogen-bond donors (Lipinski definition) is 0. The van der Waals surface area contributed by atoms with Crippen molar-refractivity contribution in [3.8, 4) is 0 Å². The van der Waals surface area contributed by atoms with Gasteiger partial charge in [-0.05, 0) is 87.8 Å². The molecule has 2 rings (SSSR count). The Labute approximate surface area is 192 Å². The molecule has 0 N–H and O–H groups in total. The summed E-state index contributed by atoms with van der Waals surface area (Å²) in [6.07, 6.45) is 6.81. The van der Waals surface area contributed by atoms with Gasteiger partial charge in [0, 0.05) is 19.3 Å². The predicted octanol–water partition coefficient (Wildman–Crippen LogP) is 6.92. The lowest BCUT2D eigenvalue weighted by Gasteiger charge is -2.44. The molecule has 4 nitrogen and oxygen atoms in total. The van der Waals surface area contributed by atoms with Gasteiger partial charge in [-0.15, -0.1) is 0 Å². The Morgan fingerprint density at radius 3 is 2.32 bits per heavy atom. The molecule has 0 amide bonds. The van der Waals surface area contributed by atoms with E-state index in [4.69, 9.17) is 9.16 Å². The maximum absolute atomic E-state index is 12.5. The van der Waals surface area contributed by atoms with Gasteiger partial charge in [-0.1, -0.05) is 34.6 Å². The molecule has 0 radical (unpaired) electrons. The lowest BCUT2D eigenvalue weighted by Crippen LogP contribution is -2.51. The highest BCUT2D eigenvalue weighted by molar-refractivity contribution is 6.73. The number of ketones is 1. The Hall–Kier alpha value is -0.683. The smallest absolute Gasteiger partial charge is 0.303 e. The Balaban J connectivity index is 2.10. The third kappa shape index (κ3) is 5.82. The number of ether oxygens (including phenoxy) is 1. The normalized spacial score (nSPS) is 28.8. The van der Waals surface area contributed by atoms with Gasteiger partial charge in [-0.2, -0.15) is 0 Å².